The Morgan fingerprint density at radius 1 is 1.22 bits per heavy atom. The van der Waals surface area contributed by atoms with E-state index >= 15 is 0 Å². The number of aliphatic carboxylic acids is 1. The summed E-state index contributed by atoms with van der Waals surface area (Å²) in [7, 11) is 1.72. The van der Waals surface area contributed by atoms with Crippen LogP contribution in [0.1, 0.15) is 18.4 Å². The van der Waals surface area contributed by atoms with Gasteiger partial charge >= 0.3 is 5.97 Å². The Balaban J connectivity index is 1.61. The van der Waals surface area contributed by atoms with Crippen molar-refractivity contribution in [2.75, 3.05) is 20.1 Å². The Hall–Kier alpha value is -2.89. The number of nitrogens with zero attached hydrogens (tertiary/aromatic N) is 1. The van der Waals surface area contributed by atoms with Gasteiger partial charge in [0.2, 0.25) is 11.8 Å². The molecule has 1 aliphatic rings. The van der Waals surface area contributed by atoms with Crippen molar-refractivity contribution in [2.45, 2.75) is 19.3 Å². The molecular weight excluding hydrogens is 344 g/mol. The largest absolute Gasteiger partial charge is 0.481 e. The molecule has 2 atom stereocenters. The molecule has 1 aliphatic heterocycles. The van der Waals surface area contributed by atoms with E-state index in [4.69, 9.17) is 0 Å². The van der Waals surface area contributed by atoms with Crippen molar-refractivity contribution in [3.05, 3.63) is 48.0 Å². The lowest BCUT2D eigenvalue weighted by Gasteiger charge is -2.28. The van der Waals surface area contributed by atoms with Crippen LogP contribution in [-0.4, -0.2) is 47.9 Å². The number of fused-ring (bicyclic) bond motifs is 1. The van der Waals surface area contributed by atoms with E-state index in [0.717, 1.165) is 16.3 Å². The Kier molecular flexibility index (Phi) is 5.74. The highest BCUT2D eigenvalue weighted by Crippen LogP contribution is 2.19. The molecule has 1 heterocycles. The zero-order valence-corrected chi connectivity index (χ0v) is 15.4. The summed E-state index contributed by atoms with van der Waals surface area (Å²) in [5.74, 6) is -2.31. The number of nitrogens with one attached hydrogen (secondary N) is 1. The lowest BCUT2D eigenvalue weighted by Crippen LogP contribution is -2.43. The molecule has 1 saturated heterocycles. The van der Waals surface area contributed by atoms with Crippen LogP contribution in [0.5, 0.6) is 0 Å². The highest BCUT2D eigenvalue weighted by molar-refractivity contribution is 5.87. The van der Waals surface area contributed by atoms with E-state index in [0.29, 0.717) is 19.4 Å². The second-order valence-corrected chi connectivity index (χ2v) is 7.17. The van der Waals surface area contributed by atoms with Gasteiger partial charge in [0.25, 0.3) is 0 Å². The second kappa shape index (κ2) is 8.20. The molecule has 3 rings (SSSR count). The molecule has 2 aromatic carbocycles. The minimum atomic E-state index is -0.942. The number of likely N-dealkylation sites (tertiary alicyclic amines) is 1. The van der Waals surface area contributed by atoms with E-state index in [2.05, 4.69) is 5.32 Å². The van der Waals surface area contributed by atoms with Crippen molar-refractivity contribution >= 4 is 28.6 Å². The third-order valence-electron chi connectivity index (χ3n) is 5.20. The maximum Gasteiger partial charge on any atom is 0.308 e. The third kappa shape index (κ3) is 4.64. The van der Waals surface area contributed by atoms with Gasteiger partial charge in [0.15, 0.2) is 0 Å². The molecule has 0 saturated carbocycles. The predicted octanol–water partition coefficient (Wildman–Crippen LogP) is 2.07. The van der Waals surface area contributed by atoms with Gasteiger partial charge in [-0.2, -0.15) is 0 Å². The molecule has 0 aliphatic carbocycles. The monoisotopic (exact) mass is 368 g/mol. The van der Waals surface area contributed by atoms with Crippen LogP contribution in [0.3, 0.4) is 0 Å². The van der Waals surface area contributed by atoms with E-state index in [1.165, 1.54) is 0 Å². The molecule has 1 fully saturated rings. The Bertz CT molecular complexity index is 864. The molecule has 0 spiro atoms. The summed E-state index contributed by atoms with van der Waals surface area (Å²) in [6.07, 6.45) is 1.13. The molecule has 0 unspecified atom stereocenters. The number of piperidine rings is 1. The fourth-order valence-electron chi connectivity index (χ4n) is 3.43. The average Bonchev–Trinajstić information content (AvgIpc) is 2.66. The smallest absolute Gasteiger partial charge is 0.308 e. The Morgan fingerprint density at radius 2 is 1.96 bits per heavy atom. The SMILES string of the molecule is CN1CC[C@H](C(=O)NC[C@@H](Cc2ccc3ccccc3c2)C(=O)O)CC1=O. The van der Waals surface area contributed by atoms with Crippen molar-refractivity contribution in [3.8, 4) is 0 Å². The third-order valence-corrected chi connectivity index (χ3v) is 5.20. The molecule has 6 nitrogen and oxygen atoms in total. The van der Waals surface area contributed by atoms with Gasteiger partial charge in [0, 0.05) is 32.5 Å². The first-order valence-electron chi connectivity index (χ1n) is 9.16. The number of carboxylic acid groups (broad SMARTS) is 1. The van der Waals surface area contributed by atoms with Gasteiger partial charge in [-0.1, -0.05) is 42.5 Å². The van der Waals surface area contributed by atoms with Crippen LogP contribution in [-0.2, 0) is 20.8 Å². The number of carbonyl (C=O) groups is 3. The number of hydrogen-bond donors (Lipinski definition) is 2. The summed E-state index contributed by atoms with van der Waals surface area (Å²) in [5, 5.41) is 14.4. The Labute approximate surface area is 158 Å². The van der Waals surface area contributed by atoms with Crippen LogP contribution >= 0.6 is 0 Å². The number of benzene rings is 2. The maximum absolute atomic E-state index is 12.3. The number of hydrogen-bond acceptors (Lipinski definition) is 3. The Morgan fingerprint density at radius 3 is 2.67 bits per heavy atom. The van der Waals surface area contributed by atoms with Crippen LogP contribution in [0.4, 0.5) is 0 Å². The molecule has 0 aromatic heterocycles. The average molecular weight is 368 g/mol. The molecule has 2 N–H and O–H groups in total. The fraction of sp³-hybridized carbons (Fsp3) is 0.381. The van der Waals surface area contributed by atoms with Gasteiger partial charge in [0.05, 0.1) is 5.92 Å². The van der Waals surface area contributed by atoms with Crippen LogP contribution in [0.25, 0.3) is 10.8 Å². The van der Waals surface area contributed by atoms with Crippen LogP contribution in [0, 0.1) is 11.8 Å². The first-order valence-corrected chi connectivity index (χ1v) is 9.16. The van der Waals surface area contributed by atoms with Crippen molar-refractivity contribution in [3.63, 3.8) is 0 Å². The quantitative estimate of drug-likeness (QED) is 0.817. The molecule has 0 radical (unpaired) electrons. The normalized spacial score (nSPS) is 18.3. The van der Waals surface area contributed by atoms with Gasteiger partial charge in [0.1, 0.15) is 0 Å². The van der Waals surface area contributed by atoms with E-state index in [9.17, 15) is 19.5 Å². The zero-order valence-electron chi connectivity index (χ0n) is 15.4. The van der Waals surface area contributed by atoms with E-state index in [1.54, 1.807) is 11.9 Å². The van der Waals surface area contributed by atoms with Gasteiger partial charge < -0.3 is 15.3 Å². The molecule has 2 amide bonds. The minimum absolute atomic E-state index is 0.0488. The summed E-state index contributed by atoms with van der Waals surface area (Å²) in [4.78, 5) is 37.3. The summed E-state index contributed by atoms with van der Waals surface area (Å²) >= 11 is 0. The summed E-state index contributed by atoms with van der Waals surface area (Å²) < 4.78 is 0. The number of amides is 2. The van der Waals surface area contributed by atoms with Crippen molar-refractivity contribution in [2.24, 2.45) is 11.8 Å². The van der Waals surface area contributed by atoms with Gasteiger partial charge in [-0.25, -0.2) is 0 Å². The highest BCUT2D eigenvalue weighted by atomic mass is 16.4. The van der Waals surface area contributed by atoms with Crippen molar-refractivity contribution in [1.82, 2.24) is 10.2 Å². The molecule has 6 heteroatoms. The molecule has 0 bridgehead atoms. The van der Waals surface area contributed by atoms with E-state index < -0.39 is 11.9 Å². The summed E-state index contributed by atoms with van der Waals surface area (Å²) in [6, 6.07) is 13.8. The first-order chi connectivity index (χ1) is 12.9. The topological polar surface area (TPSA) is 86.7 Å². The second-order valence-electron chi connectivity index (χ2n) is 7.17. The van der Waals surface area contributed by atoms with Crippen molar-refractivity contribution in [1.29, 1.82) is 0 Å². The van der Waals surface area contributed by atoms with Gasteiger partial charge in [-0.15, -0.1) is 0 Å². The zero-order chi connectivity index (χ0) is 19.4. The van der Waals surface area contributed by atoms with E-state index in [1.807, 2.05) is 42.5 Å². The van der Waals surface area contributed by atoms with Crippen LogP contribution in [0.15, 0.2) is 42.5 Å². The maximum atomic E-state index is 12.3. The number of rotatable bonds is 6. The molecule has 27 heavy (non-hydrogen) atoms. The number of carbonyl (C=O) groups excluding carboxylic acids is 2. The summed E-state index contributed by atoms with van der Waals surface area (Å²) in [5.41, 5.74) is 0.921. The molecular formula is C21H24N2O4. The van der Waals surface area contributed by atoms with Crippen LogP contribution < -0.4 is 5.32 Å². The standard InChI is InChI=1S/C21H24N2O4/c1-23-9-8-17(12-19(23)24)20(25)22-13-18(21(26)27)11-14-6-7-15-4-2-3-5-16(15)10-14/h2-7,10,17-18H,8-9,11-13H2,1H3,(H,22,25)(H,26,27)/t17-,18+/m0/s1. The summed E-state index contributed by atoms with van der Waals surface area (Å²) in [6.45, 7) is 0.609. The lowest BCUT2D eigenvalue weighted by atomic mass is 9.94. The van der Waals surface area contributed by atoms with Gasteiger partial charge in [-0.05, 0) is 29.2 Å². The molecule has 2 aromatic rings. The molecule has 142 valence electrons. The van der Waals surface area contributed by atoms with E-state index in [-0.39, 0.29) is 30.7 Å². The lowest BCUT2D eigenvalue weighted by molar-refractivity contribution is -0.142. The highest BCUT2D eigenvalue weighted by Gasteiger charge is 2.29. The predicted molar refractivity (Wildman–Crippen MR) is 102 cm³/mol. The van der Waals surface area contributed by atoms with Crippen molar-refractivity contribution < 1.29 is 19.5 Å². The first kappa shape index (κ1) is 18.9. The van der Waals surface area contributed by atoms with Gasteiger partial charge in [-0.3, -0.25) is 14.4 Å². The fourth-order valence-corrected chi connectivity index (χ4v) is 3.43. The van der Waals surface area contributed by atoms with Crippen LogP contribution in [0.2, 0.25) is 0 Å². The number of carboxylic acids is 1. The minimum Gasteiger partial charge on any atom is -0.481 e.